The lowest BCUT2D eigenvalue weighted by atomic mass is 10.1. The van der Waals surface area contributed by atoms with Crippen molar-refractivity contribution in [2.45, 2.75) is 26.2 Å². The summed E-state index contributed by atoms with van der Waals surface area (Å²) < 4.78 is 2.48. The van der Waals surface area contributed by atoms with E-state index in [1.165, 1.54) is 19.3 Å². The van der Waals surface area contributed by atoms with Crippen molar-refractivity contribution in [1.82, 2.24) is 19.6 Å². The van der Waals surface area contributed by atoms with Gasteiger partial charge in [0.1, 0.15) is 16.1 Å². The van der Waals surface area contributed by atoms with Crippen molar-refractivity contribution in [3.63, 3.8) is 0 Å². The molecule has 0 aromatic carbocycles. The summed E-state index contributed by atoms with van der Waals surface area (Å²) in [7, 11) is 0. The zero-order valence-corrected chi connectivity index (χ0v) is 18.6. The van der Waals surface area contributed by atoms with Gasteiger partial charge in [0.2, 0.25) is 0 Å². The topological polar surface area (TPSA) is 72.3 Å². The van der Waals surface area contributed by atoms with Crippen LogP contribution in [0.15, 0.2) is 59.9 Å². The van der Waals surface area contributed by atoms with Crippen LogP contribution in [0.5, 0.6) is 0 Å². The number of anilines is 2. The summed E-state index contributed by atoms with van der Waals surface area (Å²) in [5.74, 6) is 1.44. The third-order valence-electron chi connectivity index (χ3n) is 5.35. The molecule has 0 radical (unpaired) electrons. The van der Waals surface area contributed by atoms with E-state index >= 15 is 0 Å². The Morgan fingerprint density at radius 1 is 1.20 bits per heavy atom. The minimum Gasteiger partial charge on any atom is -0.383 e. The van der Waals surface area contributed by atoms with Crippen molar-refractivity contribution in [3.05, 3.63) is 65.6 Å². The number of hydrogen-bond donors (Lipinski definition) is 1. The average Bonchev–Trinajstić information content (AvgIpc) is 3.22. The van der Waals surface area contributed by atoms with E-state index in [9.17, 15) is 0 Å². The highest BCUT2D eigenvalue weighted by molar-refractivity contribution is 9.10. The molecule has 4 rings (SSSR count). The van der Waals surface area contributed by atoms with Crippen molar-refractivity contribution >= 4 is 38.8 Å². The molecule has 0 aliphatic carbocycles. The lowest BCUT2D eigenvalue weighted by Crippen LogP contribution is -2.31. The fourth-order valence-corrected chi connectivity index (χ4v) is 4.23. The number of pyridine rings is 1. The van der Waals surface area contributed by atoms with E-state index in [0.29, 0.717) is 5.82 Å². The molecule has 3 aromatic rings. The molecular weight excluding hydrogens is 440 g/mol. The van der Waals surface area contributed by atoms with Crippen LogP contribution in [-0.2, 0) is 0 Å². The van der Waals surface area contributed by atoms with Crippen LogP contribution >= 0.6 is 15.9 Å². The molecule has 1 fully saturated rings. The van der Waals surface area contributed by atoms with Crippen LogP contribution in [0.3, 0.4) is 0 Å². The molecule has 4 heterocycles. The first-order valence-corrected chi connectivity index (χ1v) is 10.9. The monoisotopic (exact) mass is 464 g/mol. The maximum absolute atomic E-state index is 6.39. The highest BCUT2D eigenvalue weighted by atomic mass is 79.9. The second-order valence-electron chi connectivity index (χ2n) is 7.25. The van der Waals surface area contributed by atoms with E-state index in [-0.39, 0.29) is 0 Å². The van der Waals surface area contributed by atoms with E-state index < -0.39 is 0 Å². The molecule has 0 saturated carbocycles. The lowest BCUT2D eigenvalue weighted by Gasteiger charge is -2.29. The van der Waals surface area contributed by atoms with Crippen LogP contribution in [0.2, 0.25) is 0 Å². The molecule has 154 valence electrons. The molecule has 3 aromatic heterocycles. The van der Waals surface area contributed by atoms with Crippen molar-refractivity contribution in [2.24, 2.45) is 0 Å². The number of nitrogens with zero attached hydrogens (tertiary/aromatic N) is 5. The number of nitrogens with two attached hydrogens (primary N) is 1. The van der Waals surface area contributed by atoms with Gasteiger partial charge in [-0.1, -0.05) is 36.9 Å². The summed E-state index contributed by atoms with van der Waals surface area (Å²) in [6.07, 6.45) is 14.9. The summed E-state index contributed by atoms with van der Waals surface area (Å²) in [5, 5.41) is 4.48. The Bertz CT molecular complexity index is 1120. The highest BCUT2D eigenvalue weighted by Crippen LogP contribution is 2.35. The smallest absolute Gasteiger partial charge is 0.167 e. The van der Waals surface area contributed by atoms with Crippen LogP contribution in [0.25, 0.3) is 22.3 Å². The van der Waals surface area contributed by atoms with Gasteiger partial charge in [-0.05, 0) is 53.8 Å². The van der Waals surface area contributed by atoms with E-state index in [4.69, 9.17) is 10.7 Å². The average molecular weight is 465 g/mol. The van der Waals surface area contributed by atoms with Crippen LogP contribution in [0, 0.1) is 0 Å². The summed E-state index contributed by atoms with van der Waals surface area (Å²) in [4.78, 5) is 11.9. The van der Waals surface area contributed by atoms with E-state index in [1.54, 1.807) is 16.8 Å². The molecule has 30 heavy (non-hydrogen) atoms. The van der Waals surface area contributed by atoms with Crippen molar-refractivity contribution in [2.75, 3.05) is 23.7 Å². The quantitative estimate of drug-likeness (QED) is 0.520. The Labute approximate surface area is 185 Å². The predicted octanol–water partition coefficient (Wildman–Crippen LogP) is 5.27. The lowest BCUT2D eigenvalue weighted by molar-refractivity contribution is 0.572. The predicted molar refractivity (Wildman–Crippen MR) is 127 cm³/mol. The number of halogens is 1. The maximum Gasteiger partial charge on any atom is 0.167 e. The summed E-state index contributed by atoms with van der Waals surface area (Å²) in [6, 6.07) is 4.06. The van der Waals surface area contributed by atoms with Crippen molar-refractivity contribution in [1.29, 1.82) is 0 Å². The third-order valence-corrected chi connectivity index (χ3v) is 6.11. The van der Waals surface area contributed by atoms with Crippen molar-refractivity contribution in [3.8, 4) is 11.1 Å². The number of rotatable bonds is 5. The van der Waals surface area contributed by atoms with Gasteiger partial charge in [0.05, 0.1) is 11.9 Å². The minimum atomic E-state index is 0.558. The molecule has 1 aliphatic heterocycles. The molecule has 1 saturated heterocycles. The number of hydrogen-bond acceptors (Lipinski definition) is 5. The largest absolute Gasteiger partial charge is 0.383 e. The fraction of sp³-hybridized carbons (Fsp3) is 0.261. The zero-order valence-electron chi connectivity index (χ0n) is 17.1. The van der Waals surface area contributed by atoms with E-state index in [1.807, 2.05) is 43.5 Å². The zero-order chi connectivity index (χ0) is 21.1. The Kier molecular flexibility index (Phi) is 5.99. The van der Waals surface area contributed by atoms with Crippen LogP contribution < -0.4 is 10.6 Å². The molecular formula is C23H25BrN6. The number of nitrogen functional groups attached to an aromatic ring is 1. The Morgan fingerprint density at radius 3 is 2.67 bits per heavy atom. The standard InChI is InChI=1S/C23H25BrN6/c1-3-5-9-16(4-2)19-11-10-17(14-26-19)18-15-27-30-21(25)20(24)23(28-22(18)30)29-12-7-6-8-13-29/h3-5,9-11,14-15H,1,6-8,12-13,25H2,2H3/b9-5-,16-4+. The van der Waals surface area contributed by atoms with E-state index in [2.05, 4.69) is 37.5 Å². The first kappa shape index (κ1) is 20.3. The van der Waals surface area contributed by atoms with Gasteiger partial charge in [0.25, 0.3) is 0 Å². The molecule has 7 heteroatoms. The van der Waals surface area contributed by atoms with Gasteiger partial charge in [-0.15, -0.1) is 0 Å². The number of allylic oxidation sites excluding steroid dienone is 5. The summed E-state index contributed by atoms with van der Waals surface area (Å²) in [6.45, 7) is 7.70. The highest BCUT2D eigenvalue weighted by Gasteiger charge is 2.21. The second-order valence-corrected chi connectivity index (χ2v) is 8.04. The first-order valence-electron chi connectivity index (χ1n) is 10.1. The van der Waals surface area contributed by atoms with E-state index in [0.717, 1.165) is 51.4 Å². The molecule has 0 bridgehead atoms. The van der Waals surface area contributed by atoms with Crippen molar-refractivity contribution < 1.29 is 0 Å². The number of piperidine rings is 1. The number of aromatic nitrogens is 4. The minimum absolute atomic E-state index is 0.558. The van der Waals surface area contributed by atoms with Gasteiger partial charge in [-0.2, -0.15) is 9.61 Å². The Hall–Kier alpha value is -2.93. The molecule has 6 nitrogen and oxygen atoms in total. The van der Waals surface area contributed by atoms with Gasteiger partial charge in [0, 0.05) is 30.4 Å². The Balaban J connectivity index is 1.75. The third kappa shape index (κ3) is 3.77. The van der Waals surface area contributed by atoms with Gasteiger partial charge in [0.15, 0.2) is 5.65 Å². The van der Waals surface area contributed by atoms with Crippen LogP contribution in [-0.4, -0.2) is 32.7 Å². The van der Waals surface area contributed by atoms with Crippen LogP contribution in [0.4, 0.5) is 11.6 Å². The van der Waals surface area contributed by atoms with Gasteiger partial charge < -0.3 is 10.6 Å². The molecule has 0 unspecified atom stereocenters. The van der Waals surface area contributed by atoms with Gasteiger partial charge >= 0.3 is 0 Å². The molecule has 0 spiro atoms. The molecule has 0 amide bonds. The number of fused-ring (bicyclic) bond motifs is 1. The normalized spacial score (nSPS) is 15.3. The molecule has 1 aliphatic rings. The first-order chi connectivity index (χ1) is 14.6. The maximum atomic E-state index is 6.39. The van der Waals surface area contributed by atoms with Crippen LogP contribution in [0.1, 0.15) is 31.9 Å². The second kappa shape index (κ2) is 8.83. The Morgan fingerprint density at radius 2 is 2.00 bits per heavy atom. The summed E-state index contributed by atoms with van der Waals surface area (Å²) >= 11 is 3.63. The molecule has 0 atom stereocenters. The fourth-order valence-electron chi connectivity index (χ4n) is 3.73. The molecule has 2 N–H and O–H groups in total. The summed E-state index contributed by atoms with van der Waals surface area (Å²) in [5.41, 5.74) is 10.9. The van der Waals surface area contributed by atoms with Gasteiger partial charge in [-0.25, -0.2) is 4.98 Å². The SMILES string of the molecule is C=C/C=C\C(=C/C)c1ccc(-c2cnn3c(N)c(Br)c(N4CCCCC4)nc23)cn1. The van der Waals surface area contributed by atoms with Gasteiger partial charge in [-0.3, -0.25) is 4.98 Å².